The van der Waals surface area contributed by atoms with E-state index in [0.717, 1.165) is 30.4 Å². The minimum Gasteiger partial charge on any atom is -0.387 e. The SMILES string of the molecule is Cc1cccc(C(O)C2(C#N)CCC2)c1. The van der Waals surface area contributed by atoms with Gasteiger partial charge >= 0.3 is 0 Å². The van der Waals surface area contributed by atoms with E-state index in [1.165, 1.54) is 0 Å². The van der Waals surface area contributed by atoms with Crippen molar-refractivity contribution in [1.82, 2.24) is 0 Å². The number of nitriles is 1. The van der Waals surface area contributed by atoms with Crippen molar-refractivity contribution in [3.05, 3.63) is 35.4 Å². The molecule has 2 rings (SSSR count). The van der Waals surface area contributed by atoms with E-state index in [9.17, 15) is 5.11 Å². The fourth-order valence-electron chi connectivity index (χ4n) is 2.16. The summed E-state index contributed by atoms with van der Waals surface area (Å²) in [4.78, 5) is 0. The van der Waals surface area contributed by atoms with Gasteiger partial charge in [0.1, 0.15) is 0 Å². The van der Waals surface area contributed by atoms with Crippen molar-refractivity contribution in [2.24, 2.45) is 5.41 Å². The molecular weight excluding hydrogens is 186 g/mol. The minimum atomic E-state index is -0.629. The second-order valence-electron chi connectivity index (χ2n) is 4.44. The van der Waals surface area contributed by atoms with Crippen molar-refractivity contribution >= 4 is 0 Å². The lowest BCUT2D eigenvalue weighted by atomic mass is 9.64. The molecule has 1 fully saturated rings. The Morgan fingerprint density at radius 2 is 2.20 bits per heavy atom. The third kappa shape index (κ3) is 1.64. The van der Waals surface area contributed by atoms with E-state index < -0.39 is 11.5 Å². The van der Waals surface area contributed by atoms with Gasteiger partial charge in [0.25, 0.3) is 0 Å². The second-order valence-corrected chi connectivity index (χ2v) is 4.44. The number of nitrogens with zero attached hydrogens (tertiary/aromatic N) is 1. The van der Waals surface area contributed by atoms with Crippen LogP contribution >= 0.6 is 0 Å². The topological polar surface area (TPSA) is 44.0 Å². The standard InChI is InChI=1S/C13H15NO/c1-10-4-2-5-11(8-10)12(15)13(9-14)6-3-7-13/h2,4-5,8,12,15H,3,6-7H2,1H3. The van der Waals surface area contributed by atoms with E-state index in [2.05, 4.69) is 6.07 Å². The van der Waals surface area contributed by atoms with Crippen LogP contribution in [0.5, 0.6) is 0 Å². The van der Waals surface area contributed by atoms with Crippen molar-refractivity contribution in [1.29, 1.82) is 5.26 Å². The Kier molecular flexibility index (Phi) is 2.50. The summed E-state index contributed by atoms with van der Waals surface area (Å²) in [6.07, 6.45) is 2.06. The van der Waals surface area contributed by atoms with E-state index in [0.29, 0.717) is 0 Å². The van der Waals surface area contributed by atoms with E-state index in [1.807, 2.05) is 31.2 Å². The van der Waals surface area contributed by atoms with Crippen LogP contribution in [-0.2, 0) is 0 Å². The van der Waals surface area contributed by atoms with Gasteiger partial charge in [0.15, 0.2) is 0 Å². The highest BCUT2D eigenvalue weighted by molar-refractivity contribution is 5.28. The fraction of sp³-hybridized carbons (Fsp3) is 0.462. The molecule has 1 aromatic rings. The molecule has 1 aliphatic carbocycles. The van der Waals surface area contributed by atoms with Crippen LogP contribution in [0.25, 0.3) is 0 Å². The lowest BCUT2D eigenvalue weighted by Crippen LogP contribution is -2.34. The lowest BCUT2D eigenvalue weighted by Gasteiger charge is -2.39. The van der Waals surface area contributed by atoms with Crippen molar-refractivity contribution in [3.8, 4) is 6.07 Å². The molecule has 2 heteroatoms. The van der Waals surface area contributed by atoms with Gasteiger partial charge in [0.2, 0.25) is 0 Å². The van der Waals surface area contributed by atoms with Gasteiger partial charge in [-0.1, -0.05) is 36.2 Å². The van der Waals surface area contributed by atoms with Crippen LogP contribution in [-0.4, -0.2) is 5.11 Å². The Morgan fingerprint density at radius 1 is 1.47 bits per heavy atom. The largest absolute Gasteiger partial charge is 0.387 e. The minimum absolute atomic E-state index is 0.520. The van der Waals surface area contributed by atoms with Crippen molar-refractivity contribution in [3.63, 3.8) is 0 Å². The van der Waals surface area contributed by atoms with Gasteiger partial charge in [-0.25, -0.2) is 0 Å². The normalized spacial score (nSPS) is 20.1. The van der Waals surface area contributed by atoms with Gasteiger partial charge in [-0.2, -0.15) is 5.26 Å². The Morgan fingerprint density at radius 3 is 2.67 bits per heavy atom. The first kappa shape index (κ1) is 10.2. The lowest BCUT2D eigenvalue weighted by molar-refractivity contribution is 0.00792. The molecule has 1 aliphatic rings. The smallest absolute Gasteiger partial charge is 0.0976 e. The summed E-state index contributed by atoms with van der Waals surface area (Å²) in [5, 5.41) is 19.3. The predicted molar refractivity (Wildman–Crippen MR) is 58.0 cm³/mol. The Bertz CT molecular complexity index is 401. The van der Waals surface area contributed by atoms with Crippen molar-refractivity contribution in [2.75, 3.05) is 0 Å². The molecule has 0 spiro atoms. The summed E-state index contributed by atoms with van der Waals surface area (Å²) < 4.78 is 0. The third-order valence-electron chi connectivity index (χ3n) is 3.35. The Balaban J connectivity index is 2.28. The van der Waals surface area contributed by atoms with Gasteiger partial charge in [-0.3, -0.25) is 0 Å². The van der Waals surface area contributed by atoms with Crippen LogP contribution in [0.2, 0.25) is 0 Å². The number of aliphatic hydroxyl groups is 1. The highest BCUT2D eigenvalue weighted by Crippen LogP contribution is 2.49. The Labute approximate surface area is 90.2 Å². The average molecular weight is 201 g/mol. The molecule has 0 saturated heterocycles. The van der Waals surface area contributed by atoms with Crippen LogP contribution in [0.15, 0.2) is 24.3 Å². The first-order valence-corrected chi connectivity index (χ1v) is 5.34. The summed E-state index contributed by atoms with van der Waals surface area (Å²) >= 11 is 0. The van der Waals surface area contributed by atoms with Gasteiger partial charge in [-0.05, 0) is 25.3 Å². The number of aryl methyl sites for hydroxylation is 1. The summed E-state index contributed by atoms with van der Waals surface area (Å²) in [5.41, 5.74) is 1.48. The van der Waals surface area contributed by atoms with Gasteiger partial charge < -0.3 is 5.11 Å². The molecule has 0 radical (unpaired) electrons. The highest BCUT2D eigenvalue weighted by Gasteiger charge is 2.44. The van der Waals surface area contributed by atoms with E-state index in [1.54, 1.807) is 0 Å². The number of hydrogen-bond acceptors (Lipinski definition) is 2. The maximum atomic E-state index is 10.2. The molecule has 0 aliphatic heterocycles. The zero-order chi connectivity index (χ0) is 10.9. The molecule has 2 nitrogen and oxygen atoms in total. The van der Waals surface area contributed by atoms with E-state index >= 15 is 0 Å². The van der Waals surface area contributed by atoms with Gasteiger partial charge in [-0.15, -0.1) is 0 Å². The maximum absolute atomic E-state index is 10.2. The molecule has 1 saturated carbocycles. The van der Waals surface area contributed by atoms with E-state index in [-0.39, 0.29) is 0 Å². The monoisotopic (exact) mass is 201 g/mol. The Hall–Kier alpha value is -1.33. The summed E-state index contributed by atoms with van der Waals surface area (Å²) in [5.74, 6) is 0. The summed E-state index contributed by atoms with van der Waals surface area (Å²) in [6.45, 7) is 2.00. The molecule has 78 valence electrons. The van der Waals surface area contributed by atoms with Gasteiger partial charge in [0, 0.05) is 0 Å². The zero-order valence-corrected chi connectivity index (χ0v) is 8.90. The van der Waals surface area contributed by atoms with E-state index in [4.69, 9.17) is 5.26 Å². The highest BCUT2D eigenvalue weighted by atomic mass is 16.3. The fourth-order valence-corrected chi connectivity index (χ4v) is 2.16. The molecule has 0 bridgehead atoms. The van der Waals surface area contributed by atoms with Crippen LogP contribution in [0.4, 0.5) is 0 Å². The molecular formula is C13H15NO. The maximum Gasteiger partial charge on any atom is 0.0976 e. The number of aliphatic hydroxyl groups excluding tert-OH is 1. The first-order chi connectivity index (χ1) is 7.18. The predicted octanol–water partition coefficient (Wildman–Crippen LogP) is 2.72. The molecule has 1 atom stereocenters. The van der Waals surface area contributed by atoms with Crippen LogP contribution < -0.4 is 0 Å². The van der Waals surface area contributed by atoms with Gasteiger partial charge in [0.05, 0.1) is 17.6 Å². The molecule has 0 heterocycles. The van der Waals surface area contributed by atoms with Crippen LogP contribution in [0, 0.1) is 23.7 Å². The summed E-state index contributed by atoms with van der Waals surface area (Å²) in [7, 11) is 0. The zero-order valence-electron chi connectivity index (χ0n) is 8.90. The molecule has 0 aromatic heterocycles. The molecule has 1 N–H and O–H groups in total. The molecule has 0 amide bonds. The molecule has 1 unspecified atom stereocenters. The average Bonchev–Trinajstić information content (AvgIpc) is 2.17. The second kappa shape index (κ2) is 3.67. The van der Waals surface area contributed by atoms with Crippen LogP contribution in [0.1, 0.15) is 36.5 Å². The summed E-state index contributed by atoms with van der Waals surface area (Å²) in [6, 6.07) is 10.1. The number of hydrogen-bond donors (Lipinski definition) is 1. The number of rotatable bonds is 2. The third-order valence-corrected chi connectivity index (χ3v) is 3.35. The van der Waals surface area contributed by atoms with Crippen molar-refractivity contribution < 1.29 is 5.11 Å². The van der Waals surface area contributed by atoms with Crippen LogP contribution in [0.3, 0.4) is 0 Å². The quantitative estimate of drug-likeness (QED) is 0.799. The van der Waals surface area contributed by atoms with Crippen molar-refractivity contribution in [2.45, 2.75) is 32.3 Å². The number of benzene rings is 1. The first-order valence-electron chi connectivity index (χ1n) is 5.34. The molecule has 15 heavy (non-hydrogen) atoms. The molecule has 1 aromatic carbocycles.